The lowest BCUT2D eigenvalue weighted by Crippen LogP contribution is -2.30. The van der Waals surface area contributed by atoms with E-state index in [4.69, 9.17) is 0 Å². The van der Waals surface area contributed by atoms with Crippen LogP contribution < -0.4 is 5.32 Å². The van der Waals surface area contributed by atoms with Crippen LogP contribution in [0.4, 0.5) is 0 Å². The molecule has 1 aliphatic rings. The van der Waals surface area contributed by atoms with E-state index in [1.54, 1.807) is 0 Å². The van der Waals surface area contributed by atoms with Crippen molar-refractivity contribution in [2.75, 3.05) is 0 Å². The van der Waals surface area contributed by atoms with Crippen molar-refractivity contribution >= 4 is 11.7 Å². The number of benzene rings is 1. The second kappa shape index (κ2) is 6.69. The fraction of sp³-hybridized carbons (Fsp3) is 0.188. The van der Waals surface area contributed by atoms with Crippen LogP contribution in [0.5, 0.6) is 0 Å². The first kappa shape index (κ1) is 13.3. The van der Waals surface area contributed by atoms with Crippen LogP contribution in [0, 0.1) is 6.42 Å². The van der Waals surface area contributed by atoms with Crippen molar-refractivity contribution in [3.8, 4) is 0 Å². The summed E-state index contributed by atoms with van der Waals surface area (Å²) < 4.78 is 0. The lowest BCUT2D eigenvalue weighted by Gasteiger charge is -2.08. The molecule has 0 bridgehead atoms. The molecule has 0 fully saturated rings. The maximum atomic E-state index is 11.7. The minimum atomic E-state index is -0.540. The molecule has 0 spiro atoms. The minimum absolute atomic E-state index is 0.233. The third-order valence-electron chi connectivity index (χ3n) is 2.86. The van der Waals surface area contributed by atoms with Gasteiger partial charge in [-0.3, -0.25) is 9.59 Å². The average Bonchev–Trinajstić information content (AvgIpc) is 2.47. The van der Waals surface area contributed by atoms with E-state index >= 15 is 0 Å². The molecule has 3 heteroatoms. The molecular formula is C16H16NO2. The summed E-state index contributed by atoms with van der Waals surface area (Å²) in [5.41, 5.74) is 1.73. The van der Waals surface area contributed by atoms with Gasteiger partial charge < -0.3 is 5.32 Å². The molecule has 1 amide bonds. The quantitative estimate of drug-likeness (QED) is 0.820. The van der Waals surface area contributed by atoms with Crippen molar-refractivity contribution in [3.63, 3.8) is 0 Å². The first-order chi connectivity index (χ1) is 9.25. The van der Waals surface area contributed by atoms with Crippen molar-refractivity contribution in [3.05, 3.63) is 66.2 Å². The van der Waals surface area contributed by atoms with Crippen LogP contribution in [0.25, 0.3) is 0 Å². The van der Waals surface area contributed by atoms with Gasteiger partial charge in [-0.15, -0.1) is 0 Å². The predicted molar refractivity (Wildman–Crippen MR) is 74.1 cm³/mol. The summed E-state index contributed by atoms with van der Waals surface area (Å²) in [6.07, 6.45) is 9.17. The number of carbonyl (C=O) groups is 2. The van der Waals surface area contributed by atoms with E-state index in [-0.39, 0.29) is 12.2 Å². The molecule has 0 atom stereocenters. The van der Waals surface area contributed by atoms with Gasteiger partial charge in [-0.25, -0.2) is 0 Å². The Morgan fingerprint density at radius 1 is 1.16 bits per heavy atom. The van der Waals surface area contributed by atoms with Crippen LogP contribution in [0.15, 0.2) is 54.3 Å². The number of hydrogen-bond acceptors (Lipinski definition) is 2. The van der Waals surface area contributed by atoms with E-state index in [1.807, 2.05) is 55.0 Å². The van der Waals surface area contributed by atoms with E-state index in [2.05, 4.69) is 5.32 Å². The Hall–Kier alpha value is -2.16. The Morgan fingerprint density at radius 2 is 1.95 bits per heavy atom. The summed E-state index contributed by atoms with van der Waals surface area (Å²) in [5, 5.41) is 2.61. The highest BCUT2D eigenvalue weighted by Crippen LogP contribution is 2.06. The lowest BCUT2D eigenvalue weighted by molar-refractivity contribution is -0.137. The molecule has 0 aromatic heterocycles. The second-order valence-corrected chi connectivity index (χ2v) is 4.36. The van der Waals surface area contributed by atoms with Gasteiger partial charge >= 0.3 is 0 Å². The third kappa shape index (κ3) is 4.21. The summed E-state index contributed by atoms with van der Waals surface area (Å²) in [4.78, 5) is 23.4. The summed E-state index contributed by atoms with van der Waals surface area (Å²) in [6.45, 7) is 0. The Kier molecular flexibility index (Phi) is 4.67. The van der Waals surface area contributed by atoms with Crippen molar-refractivity contribution in [2.45, 2.75) is 19.3 Å². The molecule has 19 heavy (non-hydrogen) atoms. The third-order valence-corrected chi connectivity index (χ3v) is 2.86. The van der Waals surface area contributed by atoms with Gasteiger partial charge in [0.2, 0.25) is 5.78 Å². The SMILES string of the molecule is O=C(CCc1ccccc1)C(=O)NC1=C[CH]CC=C1. The van der Waals surface area contributed by atoms with Gasteiger partial charge in [0.25, 0.3) is 5.91 Å². The van der Waals surface area contributed by atoms with Crippen LogP contribution in [0.2, 0.25) is 0 Å². The highest BCUT2D eigenvalue weighted by atomic mass is 16.2. The number of rotatable bonds is 5. The summed E-state index contributed by atoms with van der Waals surface area (Å²) >= 11 is 0. The zero-order valence-electron chi connectivity index (χ0n) is 10.6. The lowest BCUT2D eigenvalue weighted by atomic mass is 10.1. The topological polar surface area (TPSA) is 46.2 Å². The maximum absolute atomic E-state index is 11.7. The van der Waals surface area contributed by atoms with E-state index < -0.39 is 5.91 Å². The summed E-state index contributed by atoms with van der Waals surface area (Å²) in [5.74, 6) is -0.925. The Balaban J connectivity index is 1.81. The van der Waals surface area contributed by atoms with Crippen LogP contribution in [-0.4, -0.2) is 11.7 Å². The zero-order valence-corrected chi connectivity index (χ0v) is 10.6. The molecule has 0 saturated heterocycles. The number of ketones is 1. The number of allylic oxidation sites excluding steroid dienone is 3. The van der Waals surface area contributed by atoms with Gasteiger partial charge in [0, 0.05) is 12.1 Å². The first-order valence-electron chi connectivity index (χ1n) is 6.34. The molecule has 0 heterocycles. The largest absolute Gasteiger partial charge is 0.320 e. The smallest absolute Gasteiger partial charge is 0.291 e. The Labute approximate surface area is 113 Å². The van der Waals surface area contributed by atoms with Crippen LogP contribution in [0.3, 0.4) is 0 Å². The summed E-state index contributed by atoms with van der Waals surface area (Å²) in [7, 11) is 0. The molecule has 1 aromatic rings. The highest BCUT2D eigenvalue weighted by molar-refractivity contribution is 6.36. The highest BCUT2D eigenvalue weighted by Gasteiger charge is 2.14. The number of carbonyl (C=O) groups excluding carboxylic acids is 2. The fourth-order valence-electron chi connectivity index (χ4n) is 1.82. The Morgan fingerprint density at radius 3 is 2.63 bits per heavy atom. The molecule has 1 radical (unpaired) electrons. The number of hydrogen-bond donors (Lipinski definition) is 1. The average molecular weight is 254 g/mol. The molecule has 0 saturated carbocycles. The van der Waals surface area contributed by atoms with E-state index in [0.717, 1.165) is 12.0 Å². The molecule has 1 aromatic carbocycles. The van der Waals surface area contributed by atoms with Crippen LogP contribution in [-0.2, 0) is 16.0 Å². The van der Waals surface area contributed by atoms with Gasteiger partial charge in [-0.2, -0.15) is 0 Å². The van der Waals surface area contributed by atoms with E-state index in [9.17, 15) is 9.59 Å². The van der Waals surface area contributed by atoms with Crippen molar-refractivity contribution < 1.29 is 9.59 Å². The van der Waals surface area contributed by atoms with Crippen LogP contribution in [0.1, 0.15) is 18.4 Å². The molecular weight excluding hydrogens is 238 g/mol. The number of amides is 1. The molecule has 3 nitrogen and oxygen atoms in total. The van der Waals surface area contributed by atoms with Gasteiger partial charge in [0.1, 0.15) is 0 Å². The molecule has 1 aliphatic carbocycles. The number of Topliss-reactive ketones (excluding diaryl/α,β-unsaturated/α-hetero) is 1. The maximum Gasteiger partial charge on any atom is 0.291 e. The zero-order chi connectivity index (χ0) is 13.5. The van der Waals surface area contributed by atoms with Gasteiger partial charge in [0.05, 0.1) is 0 Å². The Bertz CT molecular complexity index is 515. The first-order valence-corrected chi connectivity index (χ1v) is 6.34. The fourth-order valence-corrected chi connectivity index (χ4v) is 1.82. The molecule has 0 unspecified atom stereocenters. The van der Waals surface area contributed by atoms with Crippen LogP contribution >= 0.6 is 0 Å². The molecule has 1 N–H and O–H groups in total. The predicted octanol–water partition coefficient (Wildman–Crippen LogP) is 2.35. The van der Waals surface area contributed by atoms with Gasteiger partial charge in [-0.05, 0) is 30.9 Å². The van der Waals surface area contributed by atoms with Gasteiger partial charge in [0.15, 0.2) is 0 Å². The van der Waals surface area contributed by atoms with E-state index in [1.165, 1.54) is 0 Å². The number of aryl methyl sites for hydroxylation is 1. The van der Waals surface area contributed by atoms with Crippen molar-refractivity contribution in [2.24, 2.45) is 0 Å². The molecule has 2 rings (SSSR count). The normalized spacial score (nSPS) is 13.8. The monoisotopic (exact) mass is 254 g/mol. The molecule has 0 aliphatic heterocycles. The van der Waals surface area contributed by atoms with E-state index in [0.29, 0.717) is 12.1 Å². The summed E-state index contributed by atoms with van der Waals surface area (Å²) in [6, 6.07) is 9.68. The number of nitrogens with one attached hydrogen (secondary N) is 1. The van der Waals surface area contributed by atoms with Gasteiger partial charge in [-0.1, -0.05) is 42.5 Å². The van der Waals surface area contributed by atoms with Crippen molar-refractivity contribution in [1.29, 1.82) is 0 Å². The minimum Gasteiger partial charge on any atom is -0.320 e. The molecule has 97 valence electrons. The second-order valence-electron chi connectivity index (χ2n) is 4.36. The van der Waals surface area contributed by atoms with Crippen molar-refractivity contribution in [1.82, 2.24) is 5.32 Å². The standard InChI is InChI=1S/C16H16NO2/c18-15(12-11-13-7-3-1-4-8-13)16(19)17-14-9-5-2-6-10-14/h1,3-10H,2,11-12H2,(H,17,19).